The second kappa shape index (κ2) is 8.71. The van der Waals surface area contributed by atoms with E-state index in [2.05, 4.69) is 15.1 Å². The summed E-state index contributed by atoms with van der Waals surface area (Å²) in [6, 6.07) is 9.91. The minimum atomic E-state index is -0.215. The highest BCUT2D eigenvalue weighted by Crippen LogP contribution is 2.20. The van der Waals surface area contributed by atoms with Crippen LogP contribution in [0.3, 0.4) is 0 Å². The molecule has 7 nitrogen and oxygen atoms in total. The molecule has 7 heteroatoms. The Morgan fingerprint density at radius 3 is 2.50 bits per heavy atom. The quantitative estimate of drug-likeness (QED) is 0.859. The number of benzene rings is 1. The number of hydrogen-bond acceptors (Lipinski definition) is 5. The van der Waals surface area contributed by atoms with Crippen molar-refractivity contribution in [1.29, 1.82) is 0 Å². The highest BCUT2D eigenvalue weighted by atomic mass is 16.6. The van der Waals surface area contributed by atoms with Crippen LogP contribution in [-0.2, 0) is 4.74 Å². The number of carbonyl (C=O) groups is 1. The second-order valence-corrected chi connectivity index (χ2v) is 6.60. The Hall–Kier alpha value is -2.54. The van der Waals surface area contributed by atoms with Crippen LogP contribution in [-0.4, -0.2) is 71.5 Å². The molecular weight excluding hydrogens is 332 g/mol. The minimum absolute atomic E-state index is 0.0754. The normalized spacial score (nSPS) is 15.3. The summed E-state index contributed by atoms with van der Waals surface area (Å²) in [5.74, 6) is 0.854. The van der Waals surface area contributed by atoms with Crippen LogP contribution in [0.5, 0.6) is 5.75 Å². The summed E-state index contributed by atoms with van der Waals surface area (Å²) >= 11 is 0. The summed E-state index contributed by atoms with van der Waals surface area (Å²) in [7, 11) is 0. The van der Waals surface area contributed by atoms with Gasteiger partial charge in [-0.15, -0.1) is 0 Å². The van der Waals surface area contributed by atoms with E-state index >= 15 is 0 Å². The number of aromatic amines is 1. The fourth-order valence-corrected chi connectivity index (χ4v) is 2.87. The van der Waals surface area contributed by atoms with Gasteiger partial charge < -0.3 is 14.4 Å². The third kappa shape index (κ3) is 4.98. The molecular formula is C19H26N4O3. The Kier molecular flexibility index (Phi) is 6.12. The molecule has 1 N–H and O–H groups in total. The zero-order valence-corrected chi connectivity index (χ0v) is 15.4. The van der Waals surface area contributed by atoms with Crippen molar-refractivity contribution < 1.29 is 14.3 Å². The Bertz CT molecular complexity index is 677. The molecule has 0 atom stereocenters. The highest BCUT2D eigenvalue weighted by Gasteiger charge is 2.22. The molecule has 26 heavy (non-hydrogen) atoms. The van der Waals surface area contributed by atoms with Gasteiger partial charge in [-0.05, 0) is 49.7 Å². The molecule has 0 bridgehead atoms. The molecule has 0 aliphatic carbocycles. The van der Waals surface area contributed by atoms with Crippen LogP contribution in [0.4, 0.5) is 4.79 Å². The van der Waals surface area contributed by atoms with Gasteiger partial charge in [0.15, 0.2) is 0 Å². The smallest absolute Gasteiger partial charge is 0.410 e. The molecule has 1 aromatic carbocycles. The van der Waals surface area contributed by atoms with E-state index in [4.69, 9.17) is 9.47 Å². The van der Waals surface area contributed by atoms with Gasteiger partial charge in [0.2, 0.25) is 0 Å². The van der Waals surface area contributed by atoms with Gasteiger partial charge in [-0.25, -0.2) is 4.79 Å². The van der Waals surface area contributed by atoms with E-state index in [0.29, 0.717) is 19.7 Å². The van der Waals surface area contributed by atoms with Gasteiger partial charge in [0, 0.05) is 38.9 Å². The maximum absolute atomic E-state index is 11.9. The summed E-state index contributed by atoms with van der Waals surface area (Å²) in [5, 5.41) is 6.90. The van der Waals surface area contributed by atoms with E-state index in [1.807, 2.05) is 44.2 Å². The second-order valence-electron chi connectivity index (χ2n) is 6.60. The number of amides is 1. The van der Waals surface area contributed by atoms with Crippen LogP contribution >= 0.6 is 0 Å². The standard InChI is InChI=1S/C19H26N4O3/c1-15(2)26-19(24)23-11-9-22(10-12-23)13-14-25-17-5-3-16(4-6-17)18-7-8-20-21-18/h3-8,15H,9-14H2,1-2H3,(H,20,21). The molecule has 3 rings (SSSR count). The average molecular weight is 358 g/mol. The maximum atomic E-state index is 11.9. The molecule has 1 aliphatic heterocycles. The third-order valence-electron chi connectivity index (χ3n) is 4.31. The summed E-state index contributed by atoms with van der Waals surface area (Å²) < 4.78 is 11.1. The first-order valence-corrected chi connectivity index (χ1v) is 9.02. The minimum Gasteiger partial charge on any atom is -0.492 e. The largest absolute Gasteiger partial charge is 0.492 e. The van der Waals surface area contributed by atoms with Crippen molar-refractivity contribution in [2.45, 2.75) is 20.0 Å². The zero-order chi connectivity index (χ0) is 18.4. The van der Waals surface area contributed by atoms with Gasteiger partial charge in [0.25, 0.3) is 0 Å². The van der Waals surface area contributed by atoms with Crippen molar-refractivity contribution in [1.82, 2.24) is 20.0 Å². The molecule has 1 aliphatic rings. The molecule has 0 spiro atoms. The molecule has 2 heterocycles. The molecule has 0 saturated carbocycles. The number of H-pyrrole nitrogens is 1. The number of piperazine rings is 1. The number of carbonyl (C=O) groups excluding carboxylic acids is 1. The van der Waals surface area contributed by atoms with Crippen LogP contribution in [0.1, 0.15) is 13.8 Å². The maximum Gasteiger partial charge on any atom is 0.410 e. The van der Waals surface area contributed by atoms with Gasteiger partial charge in [0.1, 0.15) is 12.4 Å². The number of hydrogen-bond donors (Lipinski definition) is 1. The van der Waals surface area contributed by atoms with Crippen LogP contribution < -0.4 is 4.74 Å². The van der Waals surface area contributed by atoms with Gasteiger partial charge in [-0.1, -0.05) is 0 Å². The number of aromatic nitrogens is 2. The molecule has 1 saturated heterocycles. The topological polar surface area (TPSA) is 70.7 Å². The number of nitrogens with one attached hydrogen (secondary N) is 1. The Balaban J connectivity index is 1.37. The van der Waals surface area contributed by atoms with E-state index in [9.17, 15) is 4.79 Å². The summed E-state index contributed by atoms with van der Waals surface area (Å²) in [6.07, 6.45) is 1.45. The van der Waals surface area contributed by atoms with Gasteiger partial charge >= 0.3 is 6.09 Å². The lowest BCUT2D eigenvalue weighted by Crippen LogP contribution is -2.50. The van der Waals surface area contributed by atoms with Gasteiger partial charge in [-0.3, -0.25) is 10.00 Å². The van der Waals surface area contributed by atoms with E-state index in [1.54, 1.807) is 11.1 Å². The number of ether oxygens (including phenoxy) is 2. The van der Waals surface area contributed by atoms with Crippen molar-refractivity contribution in [3.05, 3.63) is 36.5 Å². The molecule has 140 valence electrons. The fourth-order valence-electron chi connectivity index (χ4n) is 2.87. The molecule has 2 aromatic rings. The third-order valence-corrected chi connectivity index (χ3v) is 4.31. The first kappa shape index (κ1) is 18.3. The SMILES string of the molecule is CC(C)OC(=O)N1CCN(CCOc2ccc(-c3ccn[nH]3)cc2)CC1. The van der Waals surface area contributed by atoms with Crippen LogP contribution in [0.15, 0.2) is 36.5 Å². The predicted molar refractivity (Wildman–Crippen MR) is 99.1 cm³/mol. The molecule has 1 aromatic heterocycles. The predicted octanol–water partition coefficient (Wildman–Crippen LogP) is 2.62. The van der Waals surface area contributed by atoms with Crippen molar-refractivity contribution >= 4 is 6.09 Å². The Labute approximate surface area is 153 Å². The molecule has 1 fully saturated rings. The lowest BCUT2D eigenvalue weighted by atomic mass is 10.1. The Morgan fingerprint density at radius 2 is 1.88 bits per heavy atom. The lowest BCUT2D eigenvalue weighted by Gasteiger charge is -2.34. The summed E-state index contributed by atoms with van der Waals surface area (Å²) in [4.78, 5) is 16.0. The van der Waals surface area contributed by atoms with Crippen molar-refractivity contribution in [2.24, 2.45) is 0 Å². The monoisotopic (exact) mass is 358 g/mol. The lowest BCUT2D eigenvalue weighted by molar-refractivity contribution is 0.0549. The highest BCUT2D eigenvalue weighted by molar-refractivity contribution is 5.67. The van der Waals surface area contributed by atoms with Crippen molar-refractivity contribution in [3.63, 3.8) is 0 Å². The Morgan fingerprint density at radius 1 is 1.15 bits per heavy atom. The summed E-state index contributed by atoms with van der Waals surface area (Å²) in [6.45, 7) is 8.29. The van der Waals surface area contributed by atoms with E-state index in [0.717, 1.165) is 36.6 Å². The van der Waals surface area contributed by atoms with Crippen LogP contribution in [0.25, 0.3) is 11.3 Å². The van der Waals surface area contributed by atoms with Crippen LogP contribution in [0.2, 0.25) is 0 Å². The van der Waals surface area contributed by atoms with Gasteiger partial charge in [-0.2, -0.15) is 5.10 Å². The van der Waals surface area contributed by atoms with E-state index in [1.165, 1.54) is 0 Å². The zero-order valence-electron chi connectivity index (χ0n) is 15.4. The number of rotatable bonds is 6. The van der Waals surface area contributed by atoms with E-state index in [-0.39, 0.29) is 12.2 Å². The van der Waals surface area contributed by atoms with Crippen LogP contribution in [0, 0.1) is 0 Å². The van der Waals surface area contributed by atoms with Crippen molar-refractivity contribution in [3.8, 4) is 17.0 Å². The summed E-state index contributed by atoms with van der Waals surface area (Å²) in [5.41, 5.74) is 2.07. The first-order chi connectivity index (χ1) is 12.6. The molecule has 0 unspecified atom stereocenters. The van der Waals surface area contributed by atoms with E-state index < -0.39 is 0 Å². The molecule has 1 amide bonds. The first-order valence-electron chi connectivity index (χ1n) is 9.02. The number of nitrogens with zero attached hydrogens (tertiary/aromatic N) is 3. The molecule has 0 radical (unpaired) electrons. The van der Waals surface area contributed by atoms with Crippen molar-refractivity contribution in [2.75, 3.05) is 39.3 Å². The average Bonchev–Trinajstić information content (AvgIpc) is 3.17. The van der Waals surface area contributed by atoms with Gasteiger partial charge in [0.05, 0.1) is 11.8 Å². The fraction of sp³-hybridized carbons (Fsp3) is 0.474.